The molecule has 0 amide bonds. The molecule has 1 atom stereocenters. The second-order valence-corrected chi connectivity index (χ2v) is 5.39. The maximum Gasteiger partial charge on any atom is 0.0406 e. The number of hydrogen-bond donors (Lipinski definition) is 1. The van der Waals surface area contributed by atoms with Crippen molar-refractivity contribution in [1.82, 2.24) is 5.32 Å². The van der Waals surface area contributed by atoms with E-state index >= 15 is 0 Å². The zero-order valence-electron chi connectivity index (χ0n) is 9.88. The summed E-state index contributed by atoms with van der Waals surface area (Å²) in [6.07, 6.45) is 5.18. The minimum atomic E-state index is 0.743. The van der Waals surface area contributed by atoms with Gasteiger partial charge in [0.1, 0.15) is 0 Å². The second kappa shape index (κ2) is 5.70. The number of hydrogen-bond acceptors (Lipinski definition) is 1. The lowest BCUT2D eigenvalue weighted by Crippen LogP contribution is -2.20. The first-order chi connectivity index (χ1) is 7.74. The standard InChI is InChI=1S/C14H20ClN/c1-11(8-9-16-14-6-7-14)10-12-2-4-13(15)5-3-12/h2-5,11,14,16H,6-10H2,1H3. The molecule has 16 heavy (non-hydrogen) atoms. The third-order valence-corrected chi connectivity index (χ3v) is 3.40. The van der Waals surface area contributed by atoms with Crippen LogP contribution in [0.2, 0.25) is 5.02 Å². The van der Waals surface area contributed by atoms with Gasteiger partial charge in [0.15, 0.2) is 0 Å². The highest BCUT2D eigenvalue weighted by Crippen LogP contribution is 2.19. The fraction of sp³-hybridized carbons (Fsp3) is 0.571. The Bertz CT molecular complexity index is 316. The van der Waals surface area contributed by atoms with Crippen molar-refractivity contribution in [2.45, 2.75) is 38.6 Å². The molecule has 88 valence electrons. The second-order valence-electron chi connectivity index (χ2n) is 4.95. The molecule has 2 heteroatoms. The molecule has 1 fully saturated rings. The summed E-state index contributed by atoms with van der Waals surface area (Å²) >= 11 is 5.86. The van der Waals surface area contributed by atoms with Gasteiger partial charge in [-0.25, -0.2) is 0 Å². The summed E-state index contributed by atoms with van der Waals surface area (Å²) in [4.78, 5) is 0. The molecule has 0 aromatic heterocycles. The lowest BCUT2D eigenvalue weighted by Gasteiger charge is -2.11. The molecule has 0 saturated heterocycles. The van der Waals surface area contributed by atoms with E-state index in [1.54, 1.807) is 0 Å². The van der Waals surface area contributed by atoms with Crippen LogP contribution >= 0.6 is 11.6 Å². The fourth-order valence-corrected chi connectivity index (χ4v) is 2.07. The van der Waals surface area contributed by atoms with E-state index in [-0.39, 0.29) is 0 Å². The lowest BCUT2D eigenvalue weighted by atomic mass is 9.98. The highest BCUT2D eigenvalue weighted by Gasteiger charge is 2.19. The first-order valence-corrected chi connectivity index (χ1v) is 6.59. The number of benzene rings is 1. The van der Waals surface area contributed by atoms with E-state index in [9.17, 15) is 0 Å². The van der Waals surface area contributed by atoms with Gasteiger partial charge in [-0.3, -0.25) is 0 Å². The third kappa shape index (κ3) is 4.15. The predicted molar refractivity (Wildman–Crippen MR) is 70.0 cm³/mol. The SMILES string of the molecule is CC(CCNC1CC1)Cc1ccc(Cl)cc1. The van der Waals surface area contributed by atoms with Crippen molar-refractivity contribution >= 4 is 11.6 Å². The van der Waals surface area contributed by atoms with Crippen LogP contribution in [0.25, 0.3) is 0 Å². The van der Waals surface area contributed by atoms with Crippen molar-refractivity contribution in [3.63, 3.8) is 0 Å². The lowest BCUT2D eigenvalue weighted by molar-refractivity contribution is 0.497. The molecule has 0 radical (unpaired) electrons. The summed E-state index contributed by atoms with van der Waals surface area (Å²) in [5, 5.41) is 4.39. The number of halogens is 1. The highest BCUT2D eigenvalue weighted by atomic mass is 35.5. The molecule has 1 aliphatic carbocycles. The van der Waals surface area contributed by atoms with Crippen LogP contribution in [0.4, 0.5) is 0 Å². The Balaban J connectivity index is 1.68. The van der Waals surface area contributed by atoms with Crippen LogP contribution in [0.1, 0.15) is 31.7 Å². The van der Waals surface area contributed by atoms with E-state index in [4.69, 9.17) is 11.6 Å². The van der Waals surface area contributed by atoms with Gasteiger partial charge in [0.2, 0.25) is 0 Å². The molecule has 0 heterocycles. The Labute approximate surface area is 103 Å². The first-order valence-electron chi connectivity index (χ1n) is 6.22. The monoisotopic (exact) mass is 237 g/mol. The van der Waals surface area contributed by atoms with Crippen LogP contribution in [0, 0.1) is 5.92 Å². The van der Waals surface area contributed by atoms with Crippen molar-refractivity contribution < 1.29 is 0 Å². The molecule has 1 unspecified atom stereocenters. The molecule has 1 nitrogen and oxygen atoms in total. The van der Waals surface area contributed by atoms with E-state index in [1.165, 1.54) is 31.4 Å². The van der Waals surface area contributed by atoms with Crippen molar-refractivity contribution in [3.05, 3.63) is 34.9 Å². The van der Waals surface area contributed by atoms with Crippen molar-refractivity contribution in [2.75, 3.05) is 6.54 Å². The summed E-state index contributed by atoms with van der Waals surface area (Å²) in [7, 11) is 0. The minimum absolute atomic E-state index is 0.743. The molecule has 1 aromatic carbocycles. The highest BCUT2D eigenvalue weighted by molar-refractivity contribution is 6.30. The van der Waals surface area contributed by atoms with E-state index in [0.29, 0.717) is 0 Å². The molecule has 1 saturated carbocycles. The topological polar surface area (TPSA) is 12.0 Å². The van der Waals surface area contributed by atoms with Crippen LogP contribution in [0.5, 0.6) is 0 Å². The molecular formula is C14H20ClN. The zero-order chi connectivity index (χ0) is 11.4. The first kappa shape index (κ1) is 11.9. The molecule has 2 rings (SSSR count). The van der Waals surface area contributed by atoms with Gasteiger partial charge in [-0.15, -0.1) is 0 Å². The maximum absolute atomic E-state index is 5.86. The van der Waals surface area contributed by atoms with Gasteiger partial charge >= 0.3 is 0 Å². The number of nitrogens with one attached hydrogen (secondary N) is 1. The quantitative estimate of drug-likeness (QED) is 0.796. The van der Waals surface area contributed by atoms with Gasteiger partial charge in [0.25, 0.3) is 0 Å². The summed E-state index contributed by atoms with van der Waals surface area (Å²) in [6, 6.07) is 9.06. The summed E-state index contributed by atoms with van der Waals surface area (Å²) < 4.78 is 0. The molecular weight excluding hydrogens is 218 g/mol. The predicted octanol–water partition coefficient (Wildman–Crippen LogP) is 3.66. The molecule has 1 aliphatic rings. The van der Waals surface area contributed by atoms with Gasteiger partial charge in [-0.1, -0.05) is 30.7 Å². The Morgan fingerprint density at radius 3 is 2.62 bits per heavy atom. The number of rotatable bonds is 6. The van der Waals surface area contributed by atoms with Crippen molar-refractivity contribution in [2.24, 2.45) is 5.92 Å². The van der Waals surface area contributed by atoms with Gasteiger partial charge in [-0.2, -0.15) is 0 Å². The molecule has 1 N–H and O–H groups in total. The molecule has 0 aliphatic heterocycles. The van der Waals surface area contributed by atoms with Gasteiger partial charge in [-0.05, 0) is 55.8 Å². The Hall–Kier alpha value is -0.530. The molecule has 0 spiro atoms. The van der Waals surface area contributed by atoms with Crippen LogP contribution < -0.4 is 5.32 Å². The van der Waals surface area contributed by atoms with E-state index < -0.39 is 0 Å². The Morgan fingerprint density at radius 1 is 1.31 bits per heavy atom. The van der Waals surface area contributed by atoms with Crippen LogP contribution in [0.15, 0.2) is 24.3 Å². The Morgan fingerprint density at radius 2 is 2.00 bits per heavy atom. The fourth-order valence-electron chi connectivity index (χ4n) is 1.95. The maximum atomic E-state index is 5.86. The largest absolute Gasteiger partial charge is 0.314 e. The molecule has 0 bridgehead atoms. The van der Waals surface area contributed by atoms with E-state index in [1.807, 2.05) is 12.1 Å². The average molecular weight is 238 g/mol. The van der Waals surface area contributed by atoms with Gasteiger partial charge < -0.3 is 5.32 Å². The van der Waals surface area contributed by atoms with Crippen molar-refractivity contribution in [3.8, 4) is 0 Å². The van der Waals surface area contributed by atoms with E-state index in [0.717, 1.165) is 23.4 Å². The minimum Gasteiger partial charge on any atom is -0.314 e. The average Bonchev–Trinajstić information content (AvgIpc) is 3.05. The third-order valence-electron chi connectivity index (χ3n) is 3.14. The molecule has 1 aromatic rings. The van der Waals surface area contributed by atoms with Gasteiger partial charge in [0.05, 0.1) is 0 Å². The van der Waals surface area contributed by atoms with Crippen LogP contribution in [-0.4, -0.2) is 12.6 Å². The van der Waals surface area contributed by atoms with E-state index in [2.05, 4.69) is 24.4 Å². The van der Waals surface area contributed by atoms with Gasteiger partial charge in [0, 0.05) is 11.1 Å². The Kier molecular flexibility index (Phi) is 4.25. The smallest absolute Gasteiger partial charge is 0.0406 e. The summed E-state index contributed by atoms with van der Waals surface area (Å²) in [6.45, 7) is 3.49. The zero-order valence-corrected chi connectivity index (χ0v) is 10.6. The summed E-state index contributed by atoms with van der Waals surface area (Å²) in [5.74, 6) is 0.743. The summed E-state index contributed by atoms with van der Waals surface area (Å²) in [5.41, 5.74) is 1.39. The van der Waals surface area contributed by atoms with Crippen LogP contribution in [-0.2, 0) is 6.42 Å². The normalized spacial score (nSPS) is 17.4. The van der Waals surface area contributed by atoms with Crippen LogP contribution in [0.3, 0.4) is 0 Å². The van der Waals surface area contributed by atoms with Crippen molar-refractivity contribution in [1.29, 1.82) is 0 Å².